The van der Waals surface area contributed by atoms with E-state index in [1.165, 1.54) is 5.00 Å². The quantitative estimate of drug-likeness (QED) is 0.335. The Morgan fingerprint density at radius 1 is 1.34 bits per heavy atom. The minimum absolute atomic E-state index is 0. The number of hydrogen-bond donors (Lipinski definition) is 2. The fourth-order valence-corrected chi connectivity index (χ4v) is 4.38. The van der Waals surface area contributed by atoms with Crippen molar-refractivity contribution in [3.63, 3.8) is 0 Å². The second-order valence-corrected chi connectivity index (χ2v) is 8.02. The lowest BCUT2D eigenvalue weighted by Gasteiger charge is -2.33. The molecule has 1 aliphatic rings. The van der Waals surface area contributed by atoms with Crippen molar-refractivity contribution in [3.8, 4) is 5.75 Å². The maximum Gasteiger partial charge on any atom is 0.191 e. The molecule has 3 heterocycles. The van der Waals surface area contributed by atoms with Gasteiger partial charge in [-0.2, -0.15) is 0 Å². The van der Waals surface area contributed by atoms with Crippen molar-refractivity contribution in [3.05, 3.63) is 40.5 Å². The van der Waals surface area contributed by atoms with Gasteiger partial charge in [0.2, 0.25) is 0 Å². The first-order valence-electron chi connectivity index (χ1n) is 9.94. The molecule has 0 bridgehead atoms. The van der Waals surface area contributed by atoms with Gasteiger partial charge in [-0.3, -0.25) is 4.98 Å². The number of halogens is 1. The van der Waals surface area contributed by atoms with Crippen LogP contribution in [-0.2, 0) is 6.54 Å². The van der Waals surface area contributed by atoms with Gasteiger partial charge in [-0.25, -0.2) is 4.99 Å². The summed E-state index contributed by atoms with van der Waals surface area (Å²) < 4.78 is 5.51. The third kappa shape index (κ3) is 6.21. The van der Waals surface area contributed by atoms with Gasteiger partial charge in [0.1, 0.15) is 5.75 Å². The van der Waals surface area contributed by atoms with E-state index in [9.17, 15) is 0 Å². The van der Waals surface area contributed by atoms with E-state index in [0.29, 0.717) is 12.6 Å². The first kappa shape index (κ1) is 23.7. The van der Waals surface area contributed by atoms with Crippen LogP contribution in [-0.4, -0.2) is 43.7 Å². The van der Waals surface area contributed by atoms with Gasteiger partial charge >= 0.3 is 0 Å². The molecule has 0 atom stereocenters. The molecule has 0 unspecified atom stereocenters. The molecular formula is C21H32IN5OS. The minimum atomic E-state index is 0. The zero-order chi connectivity index (χ0) is 19.9. The van der Waals surface area contributed by atoms with E-state index in [0.717, 1.165) is 61.0 Å². The summed E-state index contributed by atoms with van der Waals surface area (Å²) in [6.45, 7) is 9.68. The first-order chi connectivity index (χ1) is 13.6. The SMILES string of the molecule is CCNC(=NCc1ncc(C)c(OC)c1C)NC1CCN(c2cccs2)CC1.I. The van der Waals surface area contributed by atoms with Crippen LogP contribution < -0.4 is 20.3 Å². The molecule has 0 radical (unpaired) electrons. The summed E-state index contributed by atoms with van der Waals surface area (Å²) in [6, 6.07) is 4.77. The van der Waals surface area contributed by atoms with Crippen LogP contribution in [0.3, 0.4) is 0 Å². The summed E-state index contributed by atoms with van der Waals surface area (Å²) >= 11 is 1.82. The Bertz CT molecular complexity index is 789. The zero-order valence-electron chi connectivity index (χ0n) is 17.7. The maximum atomic E-state index is 5.51. The van der Waals surface area contributed by atoms with E-state index in [4.69, 9.17) is 9.73 Å². The number of aryl methyl sites for hydroxylation is 1. The molecule has 0 saturated carbocycles. The molecule has 160 valence electrons. The molecule has 3 rings (SSSR count). The molecule has 6 nitrogen and oxygen atoms in total. The number of ether oxygens (including phenoxy) is 1. The molecule has 29 heavy (non-hydrogen) atoms. The van der Waals surface area contributed by atoms with Crippen molar-refractivity contribution in [2.24, 2.45) is 4.99 Å². The van der Waals surface area contributed by atoms with Crippen LogP contribution in [0.25, 0.3) is 0 Å². The summed E-state index contributed by atoms with van der Waals surface area (Å²) in [5.41, 5.74) is 3.06. The maximum absolute atomic E-state index is 5.51. The second-order valence-electron chi connectivity index (χ2n) is 7.10. The minimum Gasteiger partial charge on any atom is -0.496 e. The van der Waals surface area contributed by atoms with E-state index in [1.807, 2.05) is 31.4 Å². The normalized spacial score (nSPS) is 15.0. The molecule has 0 aliphatic carbocycles. The Morgan fingerprint density at radius 3 is 2.72 bits per heavy atom. The predicted octanol–water partition coefficient (Wildman–Crippen LogP) is 4.11. The number of nitrogens with one attached hydrogen (secondary N) is 2. The number of guanidine groups is 1. The molecule has 8 heteroatoms. The number of thiophene rings is 1. The van der Waals surface area contributed by atoms with Crippen LogP contribution in [0.4, 0.5) is 5.00 Å². The number of aliphatic imine (C=N–C) groups is 1. The number of nitrogens with zero attached hydrogens (tertiary/aromatic N) is 3. The average molecular weight is 529 g/mol. The number of piperidine rings is 1. The highest BCUT2D eigenvalue weighted by molar-refractivity contribution is 14.0. The number of methoxy groups -OCH3 is 1. The van der Waals surface area contributed by atoms with Gasteiger partial charge in [0.25, 0.3) is 0 Å². The number of anilines is 1. The highest BCUT2D eigenvalue weighted by Gasteiger charge is 2.20. The molecule has 1 aliphatic heterocycles. The Hall–Kier alpha value is -1.55. The Kier molecular flexibility index (Phi) is 9.48. The summed E-state index contributed by atoms with van der Waals surface area (Å²) in [6.07, 6.45) is 4.08. The summed E-state index contributed by atoms with van der Waals surface area (Å²) in [4.78, 5) is 11.8. The highest BCUT2D eigenvalue weighted by Crippen LogP contribution is 2.25. The van der Waals surface area contributed by atoms with Gasteiger partial charge in [0.15, 0.2) is 5.96 Å². The smallest absolute Gasteiger partial charge is 0.191 e. The second kappa shape index (κ2) is 11.6. The van der Waals surface area contributed by atoms with E-state index in [2.05, 4.69) is 45.0 Å². The van der Waals surface area contributed by atoms with Crippen molar-refractivity contribution in [2.75, 3.05) is 31.6 Å². The van der Waals surface area contributed by atoms with Crippen LogP contribution >= 0.6 is 35.3 Å². The molecule has 0 aromatic carbocycles. The molecular weight excluding hydrogens is 497 g/mol. The van der Waals surface area contributed by atoms with E-state index >= 15 is 0 Å². The lowest BCUT2D eigenvalue weighted by Crippen LogP contribution is -2.48. The topological polar surface area (TPSA) is 61.8 Å². The molecule has 0 spiro atoms. The Morgan fingerprint density at radius 2 is 2.10 bits per heavy atom. The number of aromatic nitrogens is 1. The highest BCUT2D eigenvalue weighted by atomic mass is 127. The molecule has 1 fully saturated rings. The van der Waals surface area contributed by atoms with Crippen molar-refractivity contribution < 1.29 is 4.74 Å². The number of hydrogen-bond acceptors (Lipinski definition) is 5. The third-order valence-corrected chi connectivity index (χ3v) is 6.06. The van der Waals surface area contributed by atoms with Gasteiger partial charge in [0.05, 0.1) is 24.3 Å². The van der Waals surface area contributed by atoms with Crippen LogP contribution in [0.1, 0.15) is 36.6 Å². The van der Waals surface area contributed by atoms with Crippen molar-refractivity contribution in [1.82, 2.24) is 15.6 Å². The van der Waals surface area contributed by atoms with Gasteiger partial charge in [-0.1, -0.05) is 0 Å². The van der Waals surface area contributed by atoms with Gasteiger partial charge in [-0.15, -0.1) is 35.3 Å². The predicted molar refractivity (Wildman–Crippen MR) is 133 cm³/mol. The fourth-order valence-electron chi connectivity index (χ4n) is 3.59. The lowest BCUT2D eigenvalue weighted by molar-refractivity contribution is 0.407. The van der Waals surface area contributed by atoms with Crippen LogP contribution in [0.2, 0.25) is 0 Å². The van der Waals surface area contributed by atoms with Crippen molar-refractivity contribution >= 4 is 46.3 Å². The number of rotatable bonds is 6. The molecule has 2 aromatic heterocycles. The first-order valence-corrected chi connectivity index (χ1v) is 10.8. The van der Waals surface area contributed by atoms with E-state index in [-0.39, 0.29) is 24.0 Å². The van der Waals surface area contributed by atoms with Crippen molar-refractivity contribution in [1.29, 1.82) is 0 Å². The van der Waals surface area contributed by atoms with Crippen LogP contribution in [0, 0.1) is 13.8 Å². The standard InChI is InChI=1S/C21H31N5OS.HI/c1-5-22-21(24-14-18-16(3)20(27-4)15(2)13-23-18)25-17-8-10-26(11-9-17)19-7-6-12-28-19;/h6-7,12-13,17H,5,8-11,14H2,1-4H3,(H2,22,24,25);1H. The van der Waals surface area contributed by atoms with E-state index in [1.54, 1.807) is 7.11 Å². The van der Waals surface area contributed by atoms with Crippen molar-refractivity contribution in [2.45, 2.75) is 46.2 Å². The van der Waals surface area contributed by atoms with Gasteiger partial charge < -0.3 is 20.3 Å². The van der Waals surface area contributed by atoms with Gasteiger partial charge in [0, 0.05) is 43.0 Å². The third-order valence-electron chi connectivity index (χ3n) is 5.13. The average Bonchev–Trinajstić information content (AvgIpc) is 3.23. The number of pyridine rings is 1. The molecule has 0 amide bonds. The van der Waals surface area contributed by atoms with Crippen LogP contribution in [0.5, 0.6) is 5.75 Å². The Labute approximate surface area is 195 Å². The van der Waals surface area contributed by atoms with Gasteiger partial charge in [-0.05, 0) is 51.1 Å². The zero-order valence-corrected chi connectivity index (χ0v) is 20.8. The summed E-state index contributed by atoms with van der Waals surface area (Å²) in [7, 11) is 1.70. The molecule has 2 aromatic rings. The monoisotopic (exact) mass is 529 g/mol. The lowest BCUT2D eigenvalue weighted by atomic mass is 10.1. The largest absolute Gasteiger partial charge is 0.496 e. The molecule has 1 saturated heterocycles. The fraction of sp³-hybridized carbons (Fsp3) is 0.524. The summed E-state index contributed by atoms with van der Waals surface area (Å²) in [5, 5.41) is 10.5. The summed E-state index contributed by atoms with van der Waals surface area (Å²) in [5.74, 6) is 1.76. The van der Waals surface area contributed by atoms with Crippen LogP contribution in [0.15, 0.2) is 28.7 Å². The Balaban J connectivity index is 0.00000300. The van der Waals surface area contributed by atoms with E-state index < -0.39 is 0 Å². The molecule has 2 N–H and O–H groups in total.